The Balaban J connectivity index is 1.76. The van der Waals surface area contributed by atoms with Crippen molar-refractivity contribution < 1.29 is 14.0 Å². The molecule has 7 heteroatoms. The van der Waals surface area contributed by atoms with E-state index in [0.717, 1.165) is 24.2 Å². The van der Waals surface area contributed by atoms with Crippen molar-refractivity contribution in [1.82, 2.24) is 9.80 Å². The first kappa shape index (κ1) is 19.3. The summed E-state index contributed by atoms with van der Waals surface area (Å²) in [4.78, 5) is 28.7. The minimum Gasteiger partial charge on any atom is -0.469 e. The summed E-state index contributed by atoms with van der Waals surface area (Å²) in [5, 5.41) is 3.24. The number of hydrogen-bond donors (Lipinski definition) is 1. The number of carbonyl (C=O) groups is 2. The summed E-state index contributed by atoms with van der Waals surface area (Å²) in [5.41, 5.74) is 1.94. The van der Waals surface area contributed by atoms with Crippen LogP contribution in [0.15, 0.2) is 34.9 Å². The van der Waals surface area contributed by atoms with E-state index in [1.807, 2.05) is 19.9 Å². The van der Waals surface area contributed by atoms with Crippen molar-refractivity contribution in [3.8, 4) is 0 Å². The number of aryl methyl sites for hydroxylation is 1. The van der Waals surface area contributed by atoms with E-state index in [9.17, 15) is 9.59 Å². The number of anilines is 1. The molecule has 1 aliphatic heterocycles. The van der Waals surface area contributed by atoms with Gasteiger partial charge in [-0.15, -0.1) is 0 Å². The number of nitrogens with one attached hydrogen (secondary N) is 1. The van der Waals surface area contributed by atoms with Crippen LogP contribution in [0.25, 0.3) is 0 Å². The van der Waals surface area contributed by atoms with Gasteiger partial charge in [0.1, 0.15) is 5.76 Å². The summed E-state index contributed by atoms with van der Waals surface area (Å²) in [6.07, 6.45) is 3.31. The highest BCUT2D eigenvalue weighted by atomic mass is 35.5. The molecule has 3 amide bonds. The van der Waals surface area contributed by atoms with E-state index >= 15 is 0 Å². The number of carbonyl (C=O) groups excluding carboxylic acids is 2. The van der Waals surface area contributed by atoms with Crippen LogP contribution >= 0.6 is 11.6 Å². The van der Waals surface area contributed by atoms with Gasteiger partial charge in [0.2, 0.25) is 0 Å². The van der Waals surface area contributed by atoms with Crippen LogP contribution < -0.4 is 5.32 Å². The molecule has 0 bridgehead atoms. The molecule has 0 radical (unpaired) electrons. The quantitative estimate of drug-likeness (QED) is 0.846. The number of furan rings is 1. The number of hydrogen-bond acceptors (Lipinski definition) is 3. The minimum absolute atomic E-state index is 0.0764. The third-order valence-electron chi connectivity index (χ3n) is 4.87. The SMILES string of the molecule is CC(C)N(C)C(=O)c1ccc(Cl)c(NC(=O)N2CCCc3occc3C2)c1. The highest BCUT2D eigenvalue weighted by Gasteiger charge is 2.22. The first-order valence-electron chi connectivity index (χ1n) is 9.04. The fourth-order valence-corrected chi connectivity index (χ4v) is 3.17. The Bertz CT molecular complexity index is 847. The van der Waals surface area contributed by atoms with Crippen molar-refractivity contribution in [3.63, 3.8) is 0 Å². The molecule has 0 fully saturated rings. The Morgan fingerprint density at radius 3 is 2.81 bits per heavy atom. The summed E-state index contributed by atoms with van der Waals surface area (Å²) in [7, 11) is 1.75. The van der Waals surface area contributed by atoms with Gasteiger partial charge in [-0.05, 0) is 44.5 Å². The second kappa shape index (κ2) is 8.05. The molecule has 0 aliphatic carbocycles. The van der Waals surface area contributed by atoms with Gasteiger partial charge in [0, 0.05) is 37.2 Å². The van der Waals surface area contributed by atoms with Gasteiger partial charge in [-0.3, -0.25) is 4.79 Å². The zero-order chi connectivity index (χ0) is 19.6. The summed E-state index contributed by atoms with van der Waals surface area (Å²) >= 11 is 6.25. The zero-order valence-corrected chi connectivity index (χ0v) is 16.5. The highest BCUT2D eigenvalue weighted by Crippen LogP contribution is 2.26. The van der Waals surface area contributed by atoms with Crippen LogP contribution in [0.4, 0.5) is 10.5 Å². The molecule has 1 aliphatic rings. The average molecular weight is 390 g/mol. The lowest BCUT2D eigenvalue weighted by atomic mass is 10.1. The molecule has 1 aromatic carbocycles. The van der Waals surface area contributed by atoms with Crippen LogP contribution in [0.2, 0.25) is 5.02 Å². The van der Waals surface area contributed by atoms with Crippen LogP contribution in [-0.2, 0) is 13.0 Å². The van der Waals surface area contributed by atoms with Gasteiger partial charge in [0.25, 0.3) is 5.91 Å². The van der Waals surface area contributed by atoms with Crippen LogP contribution in [-0.4, -0.2) is 41.4 Å². The van der Waals surface area contributed by atoms with E-state index in [1.165, 1.54) is 0 Å². The van der Waals surface area contributed by atoms with E-state index in [0.29, 0.717) is 29.4 Å². The van der Waals surface area contributed by atoms with Gasteiger partial charge in [0.15, 0.2) is 0 Å². The molecule has 0 saturated carbocycles. The summed E-state index contributed by atoms with van der Waals surface area (Å²) in [5.74, 6) is 0.822. The van der Waals surface area contributed by atoms with Crippen molar-refractivity contribution in [2.45, 2.75) is 39.3 Å². The third kappa shape index (κ3) is 4.27. The average Bonchev–Trinajstić information content (AvgIpc) is 2.98. The second-order valence-corrected chi connectivity index (χ2v) is 7.44. The normalized spacial score (nSPS) is 13.9. The van der Waals surface area contributed by atoms with Gasteiger partial charge in [-0.2, -0.15) is 0 Å². The molecule has 1 N–H and O–H groups in total. The lowest BCUT2D eigenvalue weighted by Gasteiger charge is -2.23. The van der Waals surface area contributed by atoms with Crippen molar-refractivity contribution in [3.05, 3.63) is 52.4 Å². The standard InChI is InChI=1S/C20H24ClN3O3/c1-13(2)23(3)19(25)14-6-7-16(21)17(11-14)22-20(26)24-9-4-5-18-15(12-24)8-10-27-18/h6-8,10-11,13H,4-5,9,12H2,1-3H3,(H,22,26). The molecule has 0 unspecified atom stereocenters. The molecule has 0 spiro atoms. The minimum atomic E-state index is -0.243. The van der Waals surface area contributed by atoms with Crippen molar-refractivity contribution in [1.29, 1.82) is 0 Å². The summed E-state index contributed by atoms with van der Waals surface area (Å²) < 4.78 is 5.46. The monoisotopic (exact) mass is 389 g/mol. The van der Waals surface area contributed by atoms with Gasteiger partial charge < -0.3 is 19.5 Å². The number of benzene rings is 1. The fraction of sp³-hybridized carbons (Fsp3) is 0.400. The molecule has 2 aromatic rings. The predicted molar refractivity (Wildman–Crippen MR) is 105 cm³/mol. The van der Waals surface area contributed by atoms with E-state index in [1.54, 1.807) is 41.3 Å². The second-order valence-electron chi connectivity index (χ2n) is 7.03. The molecule has 3 rings (SSSR count). The Hall–Kier alpha value is -2.47. The predicted octanol–water partition coefficient (Wildman–Crippen LogP) is 4.39. The molecule has 0 atom stereocenters. The molecule has 1 aromatic heterocycles. The third-order valence-corrected chi connectivity index (χ3v) is 5.20. The van der Waals surface area contributed by atoms with E-state index in [-0.39, 0.29) is 18.0 Å². The van der Waals surface area contributed by atoms with Crippen LogP contribution in [0, 0.1) is 0 Å². The molecular weight excluding hydrogens is 366 g/mol. The largest absolute Gasteiger partial charge is 0.469 e. The first-order chi connectivity index (χ1) is 12.9. The maximum atomic E-state index is 12.8. The van der Waals surface area contributed by atoms with Crippen molar-refractivity contribution in [2.75, 3.05) is 18.9 Å². The number of rotatable bonds is 3. The van der Waals surface area contributed by atoms with Gasteiger partial charge in [-0.1, -0.05) is 11.6 Å². The molecule has 2 heterocycles. The number of halogens is 1. The summed E-state index contributed by atoms with van der Waals surface area (Å²) in [6, 6.07) is 6.66. The Kier molecular flexibility index (Phi) is 5.75. The number of amides is 3. The number of nitrogens with zero attached hydrogens (tertiary/aromatic N) is 2. The van der Waals surface area contributed by atoms with Gasteiger partial charge >= 0.3 is 6.03 Å². The zero-order valence-electron chi connectivity index (χ0n) is 15.8. The first-order valence-corrected chi connectivity index (χ1v) is 9.42. The van der Waals surface area contributed by atoms with E-state index < -0.39 is 0 Å². The Morgan fingerprint density at radius 1 is 1.30 bits per heavy atom. The maximum absolute atomic E-state index is 12.8. The van der Waals surface area contributed by atoms with E-state index in [2.05, 4.69) is 5.32 Å². The lowest BCUT2D eigenvalue weighted by molar-refractivity contribution is 0.0755. The Labute approximate surface area is 164 Å². The Morgan fingerprint density at radius 2 is 2.07 bits per heavy atom. The maximum Gasteiger partial charge on any atom is 0.322 e. The molecule has 0 saturated heterocycles. The lowest BCUT2D eigenvalue weighted by Crippen LogP contribution is -2.35. The van der Waals surface area contributed by atoms with Gasteiger partial charge in [-0.25, -0.2) is 4.79 Å². The number of urea groups is 1. The molecule has 27 heavy (non-hydrogen) atoms. The highest BCUT2D eigenvalue weighted by molar-refractivity contribution is 6.33. The topological polar surface area (TPSA) is 65.8 Å². The summed E-state index contributed by atoms with van der Waals surface area (Å²) in [6.45, 7) is 5.01. The molecule has 6 nitrogen and oxygen atoms in total. The van der Waals surface area contributed by atoms with E-state index in [4.69, 9.17) is 16.0 Å². The number of fused-ring (bicyclic) bond motifs is 1. The van der Waals surface area contributed by atoms with Gasteiger partial charge in [0.05, 0.1) is 23.5 Å². The van der Waals surface area contributed by atoms with Crippen molar-refractivity contribution >= 4 is 29.2 Å². The van der Waals surface area contributed by atoms with Crippen LogP contribution in [0.5, 0.6) is 0 Å². The van der Waals surface area contributed by atoms with Crippen molar-refractivity contribution in [2.24, 2.45) is 0 Å². The molecule has 144 valence electrons. The molecular formula is C20H24ClN3O3. The van der Waals surface area contributed by atoms with Crippen LogP contribution in [0.1, 0.15) is 41.9 Å². The fourth-order valence-electron chi connectivity index (χ4n) is 3.00. The smallest absolute Gasteiger partial charge is 0.322 e. The van der Waals surface area contributed by atoms with Crippen LogP contribution in [0.3, 0.4) is 0 Å².